The van der Waals surface area contributed by atoms with Crippen molar-refractivity contribution in [3.8, 4) is 0 Å². The first-order valence-corrected chi connectivity index (χ1v) is 11.0. The van der Waals surface area contributed by atoms with Gasteiger partial charge in [-0.05, 0) is 49.2 Å². The van der Waals surface area contributed by atoms with E-state index in [4.69, 9.17) is 0 Å². The van der Waals surface area contributed by atoms with Gasteiger partial charge in [0.25, 0.3) is 0 Å². The topological polar surface area (TPSA) is 109 Å². The molecule has 3 N–H and O–H groups in total. The van der Waals surface area contributed by atoms with Crippen LogP contribution in [-0.2, 0) is 15.8 Å². The van der Waals surface area contributed by atoms with Crippen molar-refractivity contribution in [1.82, 2.24) is 19.7 Å². The van der Waals surface area contributed by atoms with Crippen LogP contribution in [0.3, 0.4) is 0 Å². The first-order valence-electron chi connectivity index (χ1n) is 9.30. The number of nitrogens with zero attached hydrogens (tertiary/aromatic N) is 3. The maximum atomic E-state index is 13.2. The van der Waals surface area contributed by atoms with Gasteiger partial charge in [0.2, 0.25) is 10.0 Å². The third-order valence-electron chi connectivity index (χ3n) is 4.01. The minimum Gasteiger partial charge on any atom is -0.369 e. The average Bonchev–Trinajstić information content (AvgIpc) is 2.64. The number of aryl methyl sites for hydroxylation is 2. The van der Waals surface area contributed by atoms with E-state index in [1.165, 1.54) is 18.2 Å². The summed E-state index contributed by atoms with van der Waals surface area (Å²) in [6.45, 7) is 4.21. The number of rotatable bonds is 9. The molecule has 2 heterocycles. The van der Waals surface area contributed by atoms with Crippen molar-refractivity contribution in [2.75, 3.05) is 23.7 Å². The fraction of sp³-hybridized carbons (Fsp3) is 0.250. The van der Waals surface area contributed by atoms with Crippen LogP contribution < -0.4 is 15.4 Å². The highest BCUT2D eigenvalue weighted by atomic mass is 32.2. The number of sulfonamides is 1. The van der Waals surface area contributed by atoms with Gasteiger partial charge in [0, 0.05) is 25.4 Å². The van der Waals surface area contributed by atoms with Crippen LogP contribution >= 0.6 is 0 Å². The lowest BCUT2D eigenvalue weighted by Gasteiger charge is -2.11. The largest absolute Gasteiger partial charge is 0.369 e. The highest BCUT2D eigenvalue weighted by Crippen LogP contribution is 2.16. The Morgan fingerprint density at radius 1 is 0.967 bits per heavy atom. The van der Waals surface area contributed by atoms with Gasteiger partial charge in [0.15, 0.2) is 0 Å². The lowest BCUT2D eigenvalue weighted by atomic mass is 10.2. The molecule has 158 valence electrons. The molecule has 3 rings (SSSR count). The van der Waals surface area contributed by atoms with Crippen molar-refractivity contribution in [2.45, 2.75) is 19.6 Å². The Morgan fingerprint density at radius 2 is 1.77 bits per heavy atom. The van der Waals surface area contributed by atoms with Crippen molar-refractivity contribution in [1.29, 1.82) is 0 Å². The van der Waals surface area contributed by atoms with E-state index in [9.17, 15) is 12.8 Å². The van der Waals surface area contributed by atoms with Crippen molar-refractivity contribution in [3.63, 3.8) is 0 Å². The number of hydrogen-bond acceptors (Lipinski definition) is 7. The summed E-state index contributed by atoms with van der Waals surface area (Å²) in [5, 5.41) is 6.20. The van der Waals surface area contributed by atoms with Gasteiger partial charge in [-0.3, -0.25) is 0 Å². The molecule has 2 aromatic heterocycles. The zero-order chi connectivity index (χ0) is 21.6. The molecule has 0 atom stereocenters. The Balaban J connectivity index is 1.53. The molecule has 0 aliphatic heterocycles. The zero-order valence-corrected chi connectivity index (χ0v) is 17.5. The SMILES string of the molecule is Cc1ccnc(Nc2cc(NCCNS(=O)(=O)Cc3cccc(F)c3)nc(C)n2)c1. The minimum absolute atomic E-state index is 0.156. The van der Waals surface area contributed by atoms with Crippen molar-refractivity contribution in [2.24, 2.45) is 0 Å². The van der Waals surface area contributed by atoms with Gasteiger partial charge in [-0.2, -0.15) is 0 Å². The molecule has 0 radical (unpaired) electrons. The Labute approximate surface area is 175 Å². The number of nitrogens with one attached hydrogen (secondary N) is 3. The summed E-state index contributed by atoms with van der Waals surface area (Å²) in [6, 6.07) is 11.1. The lowest BCUT2D eigenvalue weighted by molar-refractivity contribution is 0.581. The molecular formula is C20H23FN6O2S. The van der Waals surface area contributed by atoms with Crippen molar-refractivity contribution < 1.29 is 12.8 Å². The first-order chi connectivity index (χ1) is 14.3. The molecule has 0 saturated carbocycles. The summed E-state index contributed by atoms with van der Waals surface area (Å²) < 4.78 is 40.0. The molecule has 8 nitrogen and oxygen atoms in total. The van der Waals surface area contributed by atoms with Gasteiger partial charge in [-0.1, -0.05) is 12.1 Å². The van der Waals surface area contributed by atoms with E-state index < -0.39 is 15.8 Å². The van der Waals surface area contributed by atoms with Crippen LogP contribution in [0.5, 0.6) is 0 Å². The Morgan fingerprint density at radius 3 is 2.53 bits per heavy atom. The summed E-state index contributed by atoms with van der Waals surface area (Å²) in [7, 11) is -3.58. The third kappa shape index (κ3) is 6.75. The Hall–Kier alpha value is -3.11. The van der Waals surface area contributed by atoms with Crippen LogP contribution in [0.4, 0.5) is 21.8 Å². The number of halogens is 1. The smallest absolute Gasteiger partial charge is 0.215 e. The summed E-state index contributed by atoms with van der Waals surface area (Å²) in [4.78, 5) is 12.9. The van der Waals surface area contributed by atoms with Gasteiger partial charge < -0.3 is 10.6 Å². The summed E-state index contributed by atoms with van der Waals surface area (Å²) in [5.41, 5.74) is 1.46. The van der Waals surface area contributed by atoms with Crippen LogP contribution in [0.1, 0.15) is 17.0 Å². The molecule has 0 bridgehead atoms. The molecule has 0 saturated heterocycles. The predicted octanol–water partition coefficient (Wildman–Crippen LogP) is 2.90. The van der Waals surface area contributed by atoms with E-state index in [2.05, 4.69) is 30.3 Å². The molecule has 0 aliphatic carbocycles. The van der Waals surface area contributed by atoms with Gasteiger partial charge >= 0.3 is 0 Å². The fourth-order valence-corrected chi connectivity index (χ4v) is 3.89. The third-order valence-corrected chi connectivity index (χ3v) is 5.37. The van der Waals surface area contributed by atoms with E-state index in [-0.39, 0.29) is 12.3 Å². The van der Waals surface area contributed by atoms with Crippen LogP contribution in [-0.4, -0.2) is 36.5 Å². The van der Waals surface area contributed by atoms with Crippen LogP contribution in [0.15, 0.2) is 48.7 Å². The van der Waals surface area contributed by atoms with Gasteiger partial charge in [-0.25, -0.2) is 32.5 Å². The van der Waals surface area contributed by atoms with E-state index in [0.29, 0.717) is 35.4 Å². The number of anilines is 3. The summed E-state index contributed by atoms with van der Waals surface area (Å²) >= 11 is 0. The fourth-order valence-electron chi connectivity index (χ4n) is 2.75. The molecule has 0 amide bonds. The second-order valence-corrected chi connectivity index (χ2v) is 8.55. The highest BCUT2D eigenvalue weighted by molar-refractivity contribution is 7.88. The molecule has 10 heteroatoms. The van der Waals surface area contributed by atoms with Gasteiger partial charge in [0.1, 0.15) is 29.1 Å². The number of pyridine rings is 1. The lowest BCUT2D eigenvalue weighted by Crippen LogP contribution is -2.30. The van der Waals surface area contributed by atoms with Crippen LogP contribution in [0, 0.1) is 19.7 Å². The quantitative estimate of drug-likeness (QED) is 0.448. The first kappa shape index (κ1) is 21.6. The summed E-state index contributed by atoms with van der Waals surface area (Å²) in [5.74, 6) is 1.62. The maximum Gasteiger partial charge on any atom is 0.215 e. The standard InChI is InChI=1S/C20H23FN6O2S/c1-14-6-7-22-18(10-14)27-20-12-19(25-15(2)26-20)23-8-9-24-30(28,29)13-16-4-3-5-17(21)11-16/h3-7,10-12,24H,8-9,13H2,1-2H3,(H2,22,23,25,26,27). The van der Waals surface area contributed by atoms with Gasteiger partial charge in [-0.15, -0.1) is 0 Å². The monoisotopic (exact) mass is 430 g/mol. The highest BCUT2D eigenvalue weighted by Gasteiger charge is 2.11. The molecular weight excluding hydrogens is 407 g/mol. The van der Waals surface area contributed by atoms with Crippen LogP contribution in [0.2, 0.25) is 0 Å². The van der Waals surface area contributed by atoms with E-state index >= 15 is 0 Å². The van der Waals surface area contributed by atoms with E-state index in [0.717, 1.165) is 5.56 Å². The second kappa shape index (κ2) is 9.59. The second-order valence-electron chi connectivity index (χ2n) is 6.74. The Kier molecular flexibility index (Phi) is 6.91. The molecule has 30 heavy (non-hydrogen) atoms. The maximum absolute atomic E-state index is 13.2. The minimum atomic E-state index is -3.58. The number of hydrogen-bond donors (Lipinski definition) is 3. The zero-order valence-electron chi connectivity index (χ0n) is 16.7. The van der Waals surface area contributed by atoms with E-state index in [1.807, 2.05) is 19.1 Å². The van der Waals surface area contributed by atoms with Crippen molar-refractivity contribution in [3.05, 3.63) is 71.4 Å². The average molecular weight is 431 g/mol. The number of benzene rings is 1. The predicted molar refractivity (Wildman–Crippen MR) is 115 cm³/mol. The van der Waals surface area contributed by atoms with Crippen LogP contribution in [0.25, 0.3) is 0 Å². The normalized spacial score (nSPS) is 11.3. The molecule has 3 aromatic rings. The summed E-state index contributed by atoms with van der Waals surface area (Å²) in [6.07, 6.45) is 1.71. The molecule has 0 fully saturated rings. The Bertz CT molecular complexity index is 1120. The van der Waals surface area contributed by atoms with Gasteiger partial charge in [0.05, 0.1) is 5.75 Å². The molecule has 1 aromatic carbocycles. The van der Waals surface area contributed by atoms with E-state index in [1.54, 1.807) is 25.3 Å². The molecule has 0 aliphatic rings. The molecule has 0 unspecified atom stereocenters. The molecule has 0 spiro atoms. The van der Waals surface area contributed by atoms with Crippen molar-refractivity contribution >= 4 is 27.5 Å². The number of aromatic nitrogens is 3.